The predicted molar refractivity (Wildman–Crippen MR) is 43.4 cm³/mol. The predicted octanol–water partition coefficient (Wildman–Crippen LogP) is -0.424. The van der Waals surface area contributed by atoms with Crippen molar-refractivity contribution in [3.8, 4) is 0 Å². The fraction of sp³-hybridized carbons (Fsp3) is 0.429. The molecule has 0 bridgehead atoms. The molecule has 0 aliphatic carbocycles. The summed E-state index contributed by atoms with van der Waals surface area (Å²) in [6.07, 6.45) is 1.54. The monoisotopic (exact) mass is 189 g/mol. The zero-order valence-corrected chi connectivity index (χ0v) is 6.80. The lowest BCUT2D eigenvalue weighted by atomic mass is 10.2. The number of nitrogens with one attached hydrogen (secondary N) is 1. The number of aliphatic hydroxyl groups excluding tert-OH is 1. The molecule has 0 rings (SSSR count). The highest BCUT2D eigenvalue weighted by molar-refractivity contribution is 5.80. The van der Waals surface area contributed by atoms with Crippen molar-refractivity contribution in [1.82, 2.24) is 5.32 Å². The third-order valence-electron chi connectivity index (χ3n) is 1.26. The Hall–Kier alpha value is -1.56. The maximum atomic E-state index is 10.4. The molecule has 0 aliphatic rings. The van der Waals surface area contributed by atoms with E-state index in [1.807, 2.05) is 0 Å². The first-order valence-corrected chi connectivity index (χ1v) is 3.55. The Morgan fingerprint density at radius 2 is 2.00 bits per heavy atom. The van der Waals surface area contributed by atoms with E-state index < -0.39 is 24.4 Å². The molecule has 0 aliphatic heterocycles. The van der Waals surface area contributed by atoms with Crippen LogP contribution in [0.1, 0.15) is 6.42 Å². The van der Waals surface area contributed by atoms with Gasteiger partial charge in [-0.1, -0.05) is 0 Å². The molecule has 0 aromatic heterocycles. The minimum absolute atomic E-state index is 0.112. The summed E-state index contributed by atoms with van der Waals surface area (Å²) in [6, 6.07) is -1.13. The van der Waals surface area contributed by atoms with Gasteiger partial charge in [-0.3, -0.25) is 9.59 Å². The van der Waals surface area contributed by atoms with E-state index in [1.165, 1.54) is 6.08 Å². The van der Waals surface area contributed by atoms with Gasteiger partial charge in [0.25, 0.3) is 0 Å². The molecule has 0 fully saturated rings. The molecule has 0 aromatic rings. The van der Waals surface area contributed by atoms with E-state index >= 15 is 0 Å². The van der Waals surface area contributed by atoms with Crippen molar-refractivity contribution in [3.63, 3.8) is 0 Å². The highest BCUT2D eigenvalue weighted by atomic mass is 16.4. The molecule has 6 heteroatoms. The van der Waals surface area contributed by atoms with E-state index in [-0.39, 0.29) is 6.54 Å². The van der Waals surface area contributed by atoms with Crippen molar-refractivity contribution < 1.29 is 24.9 Å². The quantitative estimate of drug-likeness (QED) is 0.422. The summed E-state index contributed by atoms with van der Waals surface area (Å²) in [4.78, 5) is 20.6. The van der Waals surface area contributed by atoms with Crippen LogP contribution < -0.4 is 5.32 Å². The van der Waals surface area contributed by atoms with Crippen LogP contribution in [0.25, 0.3) is 0 Å². The zero-order chi connectivity index (χ0) is 10.3. The number of carbonyl (C=O) groups is 2. The minimum atomic E-state index is -1.23. The number of aliphatic carboxylic acids is 2. The van der Waals surface area contributed by atoms with Crippen LogP contribution >= 0.6 is 0 Å². The molecule has 0 unspecified atom stereocenters. The summed E-state index contributed by atoms with van der Waals surface area (Å²) in [6.45, 7) is 0.112. The number of carboxylic acids is 2. The summed E-state index contributed by atoms with van der Waals surface area (Å²) >= 11 is 0. The number of hydrogen-bond acceptors (Lipinski definition) is 4. The Bertz CT molecular complexity index is 213. The van der Waals surface area contributed by atoms with E-state index in [2.05, 4.69) is 5.32 Å². The van der Waals surface area contributed by atoms with E-state index in [0.29, 0.717) is 0 Å². The van der Waals surface area contributed by atoms with Crippen LogP contribution in [0.4, 0.5) is 0 Å². The first-order chi connectivity index (χ1) is 6.07. The van der Waals surface area contributed by atoms with Gasteiger partial charge in [0.1, 0.15) is 6.04 Å². The van der Waals surface area contributed by atoms with Gasteiger partial charge < -0.3 is 20.6 Å². The number of carboxylic acid groups (broad SMARTS) is 2. The van der Waals surface area contributed by atoms with Crippen LogP contribution in [-0.2, 0) is 9.59 Å². The molecule has 0 amide bonds. The van der Waals surface area contributed by atoms with Crippen LogP contribution in [0, 0.1) is 0 Å². The van der Waals surface area contributed by atoms with Gasteiger partial charge in [0.05, 0.1) is 12.7 Å². The Morgan fingerprint density at radius 1 is 1.38 bits per heavy atom. The maximum Gasteiger partial charge on any atom is 0.321 e. The van der Waals surface area contributed by atoms with E-state index in [9.17, 15) is 9.59 Å². The summed E-state index contributed by atoms with van der Waals surface area (Å²) in [5, 5.41) is 27.5. The van der Waals surface area contributed by atoms with Crippen molar-refractivity contribution in [2.24, 2.45) is 0 Å². The number of hydrogen-bond donors (Lipinski definition) is 4. The second kappa shape index (κ2) is 6.01. The lowest BCUT2D eigenvalue weighted by Gasteiger charge is -2.09. The number of aliphatic hydroxyl groups is 1. The largest absolute Gasteiger partial charge is 0.516 e. The summed E-state index contributed by atoms with van der Waals surface area (Å²) in [5.74, 6) is -2.42. The van der Waals surface area contributed by atoms with Crippen molar-refractivity contribution >= 4 is 11.9 Å². The van der Waals surface area contributed by atoms with E-state index in [0.717, 1.165) is 6.26 Å². The molecule has 0 saturated heterocycles. The minimum Gasteiger partial charge on any atom is -0.516 e. The molecule has 1 atom stereocenters. The Labute approximate surface area is 74.5 Å². The first-order valence-electron chi connectivity index (χ1n) is 3.55. The van der Waals surface area contributed by atoms with Gasteiger partial charge in [-0.15, -0.1) is 0 Å². The van der Waals surface area contributed by atoms with E-state index in [4.69, 9.17) is 15.3 Å². The molecule has 0 radical (unpaired) electrons. The van der Waals surface area contributed by atoms with Crippen LogP contribution in [0.15, 0.2) is 12.3 Å². The van der Waals surface area contributed by atoms with Crippen molar-refractivity contribution in [2.75, 3.05) is 6.54 Å². The molecule has 6 nitrogen and oxygen atoms in total. The standard InChI is InChI=1S/C7H11NO5/c9-3-1-2-8-5(7(12)13)4-6(10)11/h1,3,5,8-9H,2,4H2,(H,10,11)(H,12,13)/t5-/m0/s1. The van der Waals surface area contributed by atoms with Gasteiger partial charge in [0.2, 0.25) is 0 Å². The van der Waals surface area contributed by atoms with Gasteiger partial charge in [-0.2, -0.15) is 0 Å². The highest BCUT2D eigenvalue weighted by Crippen LogP contribution is 1.91. The summed E-state index contributed by atoms with van der Waals surface area (Å²) < 4.78 is 0. The SMILES string of the molecule is O=C(O)C[C@H](NCC=CO)C(=O)O. The van der Waals surface area contributed by atoms with E-state index in [1.54, 1.807) is 0 Å². The lowest BCUT2D eigenvalue weighted by molar-refractivity contribution is -0.145. The van der Waals surface area contributed by atoms with Gasteiger partial charge in [0, 0.05) is 6.54 Å². The van der Waals surface area contributed by atoms with Crippen LogP contribution in [0.2, 0.25) is 0 Å². The fourth-order valence-electron chi connectivity index (χ4n) is 0.684. The van der Waals surface area contributed by atoms with Gasteiger partial charge in [-0.25, -0.2) is 0 Å². The Balaban J connectivity index is 3.95. The van der Waals surface area contributed by atoms with Crippen molar-refractivity contribution in [2.45, 2.75) is 12.5 Å². The van der Waals surface area contributed by atoms with Gasteiger partial charge in [-0.05, 0) is 6.08 Å². The maximum absolute atomic E-state index is 10.4. The molecular weight excluding hydrogens is 178 g/mol. The second-order valence-electron chi connectivity index (χ2n) is 2.28. The van der Waals surface area contributed by atoms with Crippen molar-refractivity contribution in [3.05, 3.63) is 12.3 Å². The third kappa shape index (κ3) is 5.68. The zero-order valence-electron chi connectivity index (χ0n) is 6.80. The molecule has 0 heterocycles. The topological polar surface area (TPSA) is 107 Å². The molecule has 74 valence electrons. The van der Waals surface area contributed by atoms with Crippen molar-refractivity contribution in [1.29, 1.82) is 0 Å². The van der Waals surface area contributed by atoms with Gasteiger partial charge >= 0.3 is 11.9 Å². The van der Waals surface area contributed by atoms with Crippen LogP contribution in [-0.4, -0.2) is 39.8 Å². The fourth-order valence-corrected chi connectivity index (χ4v) is 0.684. The highest BCUT2D eigenvalue weighted by Gasteiger charge is 2.19. The summed E-state index contributed by atoms with van der Waals surface area (Å²) in [5.41, 5.74) is 0. The molecule has 4 N–H and O–H groups in total. The average molecular weight is 189 g/mol. The molecule has 0 aromatic carbocycles. The third-order valence-corrected chi connectivity index (χ3v) is 1.26. The number of rotatable bonds is 6. The van der Waals surface area contributed by atoms with Crippen LogP contribution in [0.3, 0.4) is 0 Å². The molecule has 0 saturated carbocycles. The average Bonchev–Trinajstić information content (AvgIpc) is 2.02. The van der Waals surface area contributed by atoms with Crippen LogP contribution in [0.5, 0.6) is 0 Å². The summed E-state index contributed by atoms with van der Waals surface area (Å²) in [7, 11) is 0. The second-order valence-corrected chi connectivity index (χ2v) is 2.28. The lowest BCUT2D eigenvalue weighted by Crippen LogP contribution is -2.38. The normalized spacial score (nSPS) is 12.9. The molecule has 0 spiro atoms. The Kier molecular flexibility index (Phi) is 5.29. The Morgan fingerprint density at radius 3 is 2.38 bits per heavy atom. The van der Waals surface area contributed by atoms with Gasteiger partial charge in [0.15, 0.2) is 0 Å². The molecule has 13 heavy (non-hydrogen) atoms. The molecular formula is C7H11NO5. The smallest absolute Gasteiger partial charge is 0.321 e. The first kappa shape index (κ1) is 11.4.